The molecule has 4 aromatic heterocycles. The van der Waals surface area contributed by atoms with E-state index in [9.17, 15) is 4.79 Å². The lowest BCUT2D eigenvalue weighted by atomic mass is 10.1. The van der Waals surface area contributed by atoms with Gasteiger partial charge in [-0.1, -0.05) is 0 Å². The number of nitrogens with zero attached hydrogens (tertiary/aromatic N) is 4. The molecule has 4 aromatic rings. The molecule has 0 radical (unpaired) electrons. The fourth-order valence-electron chi connectivity index (χ4n) is 2.79. The summed E-state index contributed by atoms with van der Waals surface area (Å²) in [5.74, 6) is 0.263. The van der Waals surface area contributed by atoms with Crippen LogP contribution in [-0.2, 0) is 7.05 Å². The van der Waals surface area contributed by atoms with Gasteiger partial charge in [0.1, 0.15) is 11.3 Å². The highest BCUT2D eigenvalue weighted by Gasteiger charge is 2.16. The second kappa shape index (κ2) is 5.75. The summed E-state index contributed by atoms with van der Waals surface area (Å²) < 4.78 is 9.12. The van der Waals surface area contributed by atoms with Crippen LogP contribution in [-0.4, -0.2) is 32.4 Å². The summed E-state index contributed by atoms with van der Waals surface area (Å²) in [5, 5.41) is 10.5. The molecule has 0 aromatic carbocycles. The quantitative estimate of drug-likeness (QED) is 0.611. The van der Waals surface area contributed by atoms with E-state index in [1.165, 1.54) is 11.3 Å². The molecule has 7 nitrogen and oxygen atoms in total. The van der Waals surface area contributed by atoms with Gasteiger partial charge in [-0.2, -0.15) is 10.2 Å². The Morgan fingerprint density at radius 2 is 2.00 bits per heavy atom. The number of fused-ring (bicyclic) bond motifs is 1. The van der Waals surface area contributed by atoms with E-state index in [2.05, 4.69) is 10.2 Å². The van der Waals surface area contributed by atoms with Crippen LogP contribution < -0.4 is 10.5 Å². The molecule has 0 aliphatic heterocycles. The summed E-state index contributed by atoms with van der Waals surface area (Å²) in [4.78, 5) is 11.9. The number of aryl methyl sites for hydroxylation is 1. The van der Waals surface area contributed by atoms with Crippen molar-refractivity contribution >= 4 is 22.8 Å². The Morgan fingerprint density at radius 1 is 1.16 bits per heavy atom. The molecule has 0 aliphatic rings. The van der Waals surface area contributed by atoms with E-state index in [-0.39, 0.29) is 0 Å². The third kappa shape index (κ3) is 2.56. The van der Waals surface area contributed by atoms with Crippen molar-refractivity contribution in [1.82, 2.24) is 19.4 Å². The highest BCUT2D eigenvalue weighted by molar-refractivity contribution is 7.12. The van der Waals surface area contributed by atoms with E-state index in [4.69, 9.17) is 10.5 Å². The number of amides is 1. The summed E-state index contributed by atoms with van der Waals surface area (Å²) in [7, 11) is 3.50. The lowest BCUT2D eigenvalue weighted by molar-refractivity contribution is 0.100. The topological polar surface area (TPSA) is 87.4 Å². The maximum absolute atomic E-state index is 11.4. The van der Waals surface area contributed by atoms with Gasteiger partial charge in [0.05, 0.1) is 24.4 Å². The summed E-state index contributed by atoms with van der Waals surface area (Å²) in [5.41, 5.74) is 9.90. The number of thiophene rings is 1. The van der Waals surface area contributed by atoms with Gasteiger partial charge >= 0.3 is 0 Å². The fraction of sp³-hybridized carbons (Fsp3) is 0.118. The zero-order valence-corrected chi connectivity index (χ0v) is 14.4. The first-order chi connectivity index (χ1) is 12.1. The van der Waals surface area contributed by atoms with Crippen LogP contribution in [0.1, 0.15) is 9.67 Å². The highest BCUT2D eigenvalue weighted by atomic mass is 32.1. The SMILES string of the molecule is COc1cc(-c2cnn(C)c2)cn2ncc(-c3csc(C(N)=O)c3)c12. The molecule has 0 saturated carbocycles. The standard InChI is InChI=1S/C17H15N5O2S/c1-21-7-12(5-19-21)10-3-14(24-2)16-13(6-20-22(16)8-10)11-4-15(17(18)23)25-9-11/h3-9H,1-2H3,(H2,18,23). The number of hydrogen-bond donors (Lipinski definition) is 1. The van der Waals surface area contributed by atoms with Crippen molar-refractivity contribution in [2.45, 2.75) is 0 Å². The zero-order valence-electron chi connectivity index (χ0n) is 13.6. The van der Waals surface area contributed by atoms with Gasteiger partial charge in [0.2, 0.25) is 0 Å². The fourth-order valence-corrected chi connectivity index (χ4v) is 3.55. The van der Waals surface area contributed by atoms with Gasteiger partial charge < -0.3 is 10.5 Å². The largest absolute Gasteiger partial charge is 0.494 e. The van der Waals surface area contributed by atoms with E-state index in [1.54, 1.807) is 34.8 Å². The van der Waals surface area contributed by atoms with Crippen molar-refractivity contribution in [3.05, 3.63) is 47.2 Å². The number of hydrogen-bond acceptors (Lipinski definition) is 5. The third-order valence-electron chi connectivity index (χ3n) is 3.99. The summed E-state index contributed by atoms with van der Waals surface area (Å²) in [6.45, 7) is 0. The van der Waals surface area contributed by atoms with Crippen molar-refractivity contribution < 1.29 is 9.53 Å². The van der Waals surface area contributed by atoms with Crippen molar-refractivity contribution in [1.29, 1.82) is 0 Å². The maximum atomic E-state index is 11.4. The van der Waals surface area contributed by atoms with E-state index < -0.39 is 5.91 Å². The van der Waals surface area contributed by atoms with E-state index in [0.717, 1.165) is 27.8 Å². The zero-order chi connectivity index (χ0) is 17.6. The van der Waals surface area contributed by atoms with Crippen LogP contribution in [0.25, 0.3) is 27.8 Å². The van der Waals surface area contributed by atoms with Crippen molar-refractivity contribution in [2.75, 3.05) is 7.11 Å². The molecule has 0 spiro atoms. The summed E-state index contributed by atoms with van der Waals surface area (Å²) in [6.07, 6.45) is 7.42. The molecule has 126 valence electrons. The Labute approximate surface area is 147 Å². The number of rotatable bonds is 4. The molecular weight excluding hydrogens is 338 g/mol. The number of methoxy groups -OCH3 is 1. The second-order valence-corrected chi connectivity index (χ2v) is 6.53. The average molecular weight is 353 g/mol. The van der Waals surface area contributed by atoms with Crippen LogP contribution in [0.2, 0.25) is 0 Å². The van der Waals surface area contributed by atoms with Gasteiger partial charge in [0.25, 0.3) is 5.91 Å². The highest BCUT2D eigenvalue weighted by Crippen LogP contribution is 2.36. The normalized spacial score (nSPS) is 11.1. The molecule has 0 saturated heterocycles. The van der Waals surface area contributed by atoms with E-state index in [0.29, 0.717) is 10.6 Å². The van der Waals surface area contributed by atoms with Crippen molar-refractivity contribution in [3.8, 4) is 28.0 Å². The predicted molar refractivity (Wildman–Crippen MR) is 95.8 cm³/mol. The number of carbonyl (C=O) groups is 1. The molecule has 0 fully saturated rings. The third-order valence-corrected chi connectivity index (χ3v) is 4.93. The molecule has 1 amide bonds. The minimum Gasteiger partial charge on any atom is -0.494 e. The lowest BCUT2D eigenvalue weighted by Gasteiger charge is -2.07. The molecule has 2 N–H and O–H groups in total. The molecule has 4 rings (SSSR count). The van der Waals surface area contributed by atoms with Crippen LogP contribution in [0.4, 0.5) is 0 Å². The Bertz CT molecular complexity index is 1090. The minimum absolute atomic E-state index is 0.432. The molecule has 0 atom stereocenters. The van der Waals surface area contributed by atoms with Crippen molar-refractivity contribution in [2.24, 2.45) is 12.8 Å². The van der Waals surface area contributed by atoms with Gasteiger partial charge in [-0.25, -0.2) is 4.52 Å². The lowest BCUT2D eigenvalue weighted by Crippen LogP contribution is -2.08. The molecule has 4 heterocycles. The number of pyridine rings is 1. The maximum Gasteiger partial charge on any atom is 0.258 e. The van der Waals surface area contributed by atoms with Crippen LogP contribution >= 0.6 is 11.3 Å². The van der Waals surface area contributed by atoms with Crippen LogP contribution in [0.15, 0.2) is 42.3 Å². The van der Waals surface area contributed by atoms with Gasteiger partial charge in [0, 0.05) is 36.1 Å². The molecule has 8 heteroatoms. The van der Waals surface area contributed by atoms with Gasteiger partial charge in [0.15, 0.2) is 0 Å². The number of carbonyl (C=O) groups excluding carboxylic acids is 1. The van der Waals surface area contributed by atoms with Crippen LogP contribution in [0.5, 0.6) is 5.75 Å². The number of ether oxygens (including phenoxy) is 1. The smallest absolute Gasteiger partial charge is 0.258 e. The minimum atomic E-state index is -0.432. The molecule has 0 aliphatic carbocycles. The molecule has 0 bridgehead atoms. The summed E-state index contributed by atoms with van der Waals surface area (Å²) >= 11 is 1.32. The van der Waals surface area contributed by atoms with Crippen molar-refractivity contribution in [3.63, 3.8) is 0 Å². The average Bonchev–Trinajstić information content (AvgIpc) is 3.31. The molecule has 0 unspecified atom stereocenters. The Hall–Kier alpha value is -3.13. The van der Waals surface area contributed by atoms with Crippen LogP contribution in [0.3, 0.4) is 0 Å². The monoisotopic (exact) mass is 353 g/mol. The number of primary amides is 1. The first kappa shape index (κ1) is 15.4. The Kier molecular flexibility index (Phi) is 3.54. The first-order valence-electron chi connectivity index (χ1n) is 7.50. The van der Waals surface area contributed by atoms with E-state index >= 15 is 0 Å². The van der Waals surface area contributed by atoms with Crippen LogP contribution in [0, 0.1) is 0 Å². The predicted octanol–water partition coefficient (Wildman–Crippen LogP) is 2.57. The molecular formula is C17H15N5O2S. The van der Waals surface area contributed by atoms with Gasteiger partial charge in [-0.3, -0.25) is 9.48 Å². The summed E-state index contributed by atoms with van der Waals surface area (Å²) in [6, 6.07) is 3.73. The number of nitrogens with two attached hydrogens (primary N) is 1. The van der Waals surface area contributed by atoms with Gasteiger partial charge in [-0.15, -0.1) is 11.3 Å². The van der Waals surface area contributed by atoms with E-state index in [1.807, 2.05) is 30.9 Å². The second-order valence-electron chi connectivity index (χ2n) is 5.62. The Morgan fingerprint density at radius 3 is 2.64 bits per heavy atom. The molecule has 25 heavy (non-hydrogen) atoms. The first-order valence-corrected chi connectivity index (χ1v) is 8.38. The number of aromatic nitrogens is 4. The van der Waals surface area contributed by atoms with Gasteiger partial charge in [-0.05, 0) is 23.1 Å². The Balaban J connectivity index is 1.89.